The average molecular weight is 245 g/mol. The van der Waals surface area contributed by atoms with E-state index in [2.05, 4.69) is 10.6 Å². The van der Waals surface area contributed by atoms with Crippen molar-refractivity contribution >= 4 is 11.8 Å². The SMILES string of the molecule is CC(=O)NCCNC(=O)CN(C)C(C)(C)CO. The van der Waals surface area contributed by atoms with Crippen molar-refractivity contribution in [1.82, 2.24) is 15.5 Å². The molecule has 0 radical (unpaired) electrons. The Morgan fingerprint density at radius 2 is 1.76 bits per heavy atom. The Balaban J connectivity index is 3.83. The molecule has 0 aliphatic carbocycles. The normalized spacial score (nSPS) is 11.4. The summed E-state index contributed by atoms with van der Waals surface area (Å²) in [6.45, 7) is 6.19. The van der Waals surface area contributed by atoms with Crippen LogP contribution in [0.5, 0.6) is 0 Å². The van der Waals surface area contributed by atoms with E-state index in [1.165, 1.54) is 6.92 Å². The minimum Gasteiger partial charge on any atom is -0.394 e. The van der Waals surface area contributed by atoms with Gasteiger partial charge in [-0.25, -0.2) is 0 Å². The number of likely N-dealkylation sites (N-methyl/N-ethyl adjacent to an activating group) is 1. The second-order valence-corrected chi connectivity index (χ2v) is 4.66. The predicted octanol–water partition coefficient (Wildman–Crippen LogP) is -1.06. The Morgan fingerprint density at radius 3 is 2.24 bits per heavy atom. The molecule has 0 aliphatic heterocycles. The number of nitrogens with zero attached hydrogens (tertiary/aromatic N) is 1. The summed E-state index contributed by atoms with van der Waals surface area (Å²) in [5.74, 6) is -0.239. The molecule has 0 unspecified atom stereocenters. The summed E-state index contributed by atoms with van der Waals surface area (Å²) < 4.78 is 0. The fourth-order valence-corrected chi connectivity index (χ4v) is 1.05. The summed E-state index contributed by atoms with van der Waals surface area (Å²) in [4.78, 5) is 23.9. The van der Waals surface area contributed by atoms with Gasteiger partial charge in [0, 0.05) is 25.6 Å². The first-order valence-corrected chi connectivity index (χ1v) is 5.63. The van der Waals surface area contributed by atoms with Crippen molar-refractivity contribution in [2.45, 2.75) is 26.3 Å². The van der Waals surface area contributed by atoms with E-state index in [1.54, 1.807) is 11.9 Å². The Hall–Kier alpha value is -1.14. The number of aliphatic hydroxyl groups excluding tert-OH is 1. The number of carbonyl (C=O) groups is 2. The molecular formula is C11H23N3O3. The first-order valence-electron chi connectivity index (χ1n) is 5.63. The van der Waals surface area contributed by atoms with Crippen molar-refractivity contribution in [3.8, 4) is 0 Å². The Labute approximate surface area is 102 Å². The zero-order chi connectivity index (χ0) is 13.5. The van der Waals surface area contributed by atoms with E-state index >= 15 is 0 Å². The van der Waals surface area contributed by atoms with E-state index < -0.39 is 5.54 Å². The maximum atomic E-state index is 11.5. The molecule has 2 amide bonds. The average Bonchev–Trinajstić information content (AvgIpc) is 2.24. The molecule has 0 atom stereocenters. The Morgan fingerprint density at radius 1 is 1.24 bits per heavy atom. The summed E-state index contributed by atoms with van der Waals surface area (Å²) in [5, 5.41) is 14.4. The summed E-state index contributed by atoms with van der Waals surface area (Å²) in [6.07, 6.45) is 0. The quantitative estimate of drug-likeness (QED) is 0.499. The highest BCUT2D eigenvalue weighted by atomic mass is 16.3. The van der Waals surface area contributed by atoms with Crippen LogP contribution in [0.15, 0.2) is 0 Å². The van der Waals surface area contributed by atoms with Crippen LogP contribution in [-0.2, 0) is 9.59 Å². The molecule has 0 aromatic heterocycles. The second kappa shape index (κ2) is 7.24. The van der Waals surface area contributed by atoms with Gasteiger partial charge in [0.2, 0.25) is 11.8 Å². The summed E-state index contributed by atoms with van der Waals surface area (Å²) in [6, 6.07) is 0. The van der Waals surface area contributed by atoms with Gasteiger partial charge in [0.25, 0.3) is 0 Å². The van der Waals surface area contributed by atoms with Gasteiger partial charge in [-0.3, -0.25) is 14.5 Å². The van der Waals surface area contributed by atoms with Crippen LogP contribution in [0.4, 0.5) is 0 Å². The monoisotopic (exact) mass is 245 g/mol. The van der Waals surface area contributed by atoms with Gasteiger partial charge in [0.15, 0.2) is 0 Å². The molecule has 0 saturated heterocycles. The highest BCUT2D eigenvalue weighted by Crippen LogP contribution is 2.09. The maximum absolute atomic E-state index is 11.5. The van der Waals surface area contributed by atoms with Crippen LogP contribution in [0.3, 0.4) is 0 Å². The molecule has 0 saturated carbocycles. The van der Waals surface area contributed by atoms with Gasteiger partial charge < -0.3 is 15.7 Å². The zero-order valence-corrected chi connectivity index (χ0v) is 11.0. The minimum absolute atomic E-state index is 0.0112. The number of nitrogens with one attached hydrogen (secondary N) is 2. The lowest BCUT2D eigenvalue weighted by molar-refractivity contribution is -0.124. The van der Waals surface area contributed by atoms with Gasteiger partial charge in [-0.05, 0) is 20.9 Å². The van der Waals surface area contributed by atoms with Crippen molar-refractivity contribution < 1.29 is 14.7 Å². The smallest absolute Gasteiger partial charge is 0.234 e. The Bertz CT molecular complexity index is 267. The summed E-state index contributed by atoms with van der Waals surface area (Å²) >= 11 is 0. The molecular weight excluding hydrogens is 222 g/mol. The third-order valence-electron chi connectivity index (χ3n) is 2.62. The largest absolute Gasteiger partial charge is 0.394 e. The maximum Gasteiger partial charge on any atom is 0.234 e. The van der Waals surface area contributed by atoms with Gasteiger partial charge >= 0.3 is 0 Å². The van der Waals surface area contributed by atoms with E-state index in [-0.39, 0.29) is 25.0 Å². The lowest BCUT2D eigenvalue weighted by atomic mass is 10.1. The molecule has 6 nitrogen and oxygen atoms in total. The van der Waals surface area contributed by atoms with Crippen LogP contribution < -0.4 is 10.6 Å². The second-order valence-electron chi connectivity index (χ2n) is 4.66. The number of aliphatic hydroxyl groups is 1. The molecule has 100 valence electrons. The van der Waals surface area contributed by atoms with Crippen molar-refractivity contribution in [2.75, 3.05) is 33.3 Å². The number of hydrogen-bond acceptors (Lipinski definition) is 4. The van der Waals surface area contributed by atoms with Gasteiger partial charge in [-0.1, -0.05) is 0 Å². The summed E-state index contributed by atoms with van der Waals surface area (Å²) in [5.41, 5.74) is -0.422. The van der Waals surface area contributed by atoms with E-state index in [1.807, 2.05) is 13.8 Å². The third kappa shape index (κ3) is 6.91. The van der Waals surface area contributed by atoms with E-state index in [0.29, 0.717) is 13.1 Å². The molecule has 0 aliphatic rings. The molecule has 0 bridgehead atoms. The van der Waals surface area contributed by atoms with Crippen LogP contribution in [0.1, 0.15) is 20.8 Å². The zero-order valence-electron chi connectivity index (χ0n) is 11.0. The molecule has 0 heterocycles. The fourth-order valence-electron chi connectivity index (χ4n) is 1.05. The lowest BCUT2D eigenvalue weighted by Crippen LogP contribution is -2.49. The molecule has 0 aromatic carbocycles. The number of amides is 2. The Kier molecular flexibility index (Phi) is 6.75. The van der Waals surface area contributed by atoms with E-state index in [4.69, 9.17) is 5.11 Å². The first kappa shape index (κ1) is 15.9. The van der Waals surface area contributed by atoms with Crippen LogP contribution in [0.25, 0.3) is 0 Å². The molecule has 0 rings (SSSR count). The van der Waals surface area contributed by atoms with Gasteiger partial charge in [0.1, 0.15) is 0 Å². The molecule has 0 spiro atoms. The van der Waals surface area contributed by atoms with E-state index in [0.717, 1.165) is 0 Å². The minimum atomic E-state index is -0.422. The van der Waals surface area contributed by atoms with Crippen LogP contribution in [0.2, 0.25) is 0 Å². The fraction of sp³-hybridized carbons (Fsp3) is 0.818. The van der Waals surface area contributed by atoms with Crippen LogP contribution in [-0.4, -0.2) is 60.6 Å². The predicted molar refractivity (Wildman–Crippen MR) is 65.5 cm³/mol. The highest BCUT2D eigenvalue weighted by Gasteiger charge is 2.23. The molecule has 0 aromatic rings. The van der Waals surface area contributed by atoms with Crippen LogP contribution in [0, 0.1) is 0 Å². The molecule has 3 N–H and O–H groups in total. The standard InChI is InChI=1S/C11H23N3O3/c1-9(16)12-5-6-13-10(17)7-14(4)11(2,3)8-15/h15H,5-8H2,1-4H3,(H,12,16)(H,13,17). The van der Waals surface area contributed by atoms with Gasteiger partial charge in [-0.2, -0.15) is 0 Å². The van der Waals surface area contributed by atoms with Crippen molar-refractivity contribution in [2.24, 2.45) is 0 Å². The highest BCUT2D eigenvalue weighted by molar-refractivity contribution is 5.78. The third-order valence-corrected chi connectivity index (χ3v) is 2.62. The van der Waals surface area contributed by atoms with Crippen molar-refractivity contribution in [3.05, 3.63) is 0 Å². The number of rotatable bonds is 7. The molecule has 17 heavy (non-hydrogen) atoms. The molecule has 0 fully saturated rings. The molecule has 6 heteroatoms. The number of hydrogen-bond donors (Lipinski definition) is 3. The first-order chi connectivity index (χ1) is 7.79. The van der Waals surface area contributed by atoms with Crippen molar-refractivity contribution in [3.63, 3.8) is 0 Å². The van der Waals surface area contributed by atoms with Crippen LogP contribution >= 0.6 is 0 Å². The van der Waals surface area contributed by atoms with Gasteiger partial charge in [0.05, 0.1) is 13.2 Å². The summed E-state index contributed by atoms with van der Waals surface area (Å²) in [7, 11) is 1.78. The van der Waals surface area contributed by atoms with E-state index in [9.17, 15) is 9.59 Å². The lowest BCUT2D eigenvalue weighted by Gasteiger charge is -2.33. The number of carbonyl (C=O) groups excluding carboxylic acids is 2. The van der Waals surface area contributed by atoms with Gasteiger partial charge in [-0.15, -0.1) is 0 Å². The topological polar surface area (TPSA) is 81.7 Å². The van der Waals surface area contributed by atoms with Crippen molar-refractivity contribution in [1.29, 1.82) is 0 Å².